The van der Waals surface area contributed by atoms with Crippen LogP contribution in [-0.2, 0) is 9.59 Å². The van der Waals surface area contributed by atoms with Crippen LogP contribution in [-0.4, -0.2) is 51.3 Å². The summed E-state index contributed by atoms with van der Waals surface area (Å²) in [5.41, 5.74) is 0. The summed E-state index contributed by atoms with van der Waals surface area (Å²) in [5, 5.41) is -0.328. The molecular formula is C12H20N2O2S2. The molecule has 1 heterocycles. The highest BCUT2D eigenvalue weighted by Gasteiger charge is 2.36. The third kappa shape index (κ3) is 3.68. The first-order valence-corrected chi connectivity index (χ1v) is 7.56. The van der Waals surface area contributed by atoms with Gasteiger partial charge in [0.25, 0.3) is 0 Å². The van der Waals surface area contributed by atoms with Crippen molar-refractivity contribution in [3.63, 3.8) is 0 Å². The summed E-state index contributed by atoms with van der Waals surface area (Å²) in [7, 11) is 1.66. The van der Waals surface area contributed by atoms with Gasteiger partial charge in [0.2, 0.25) is 11.8 Å². The zero-order chi connectivity index (χ0) is 13.7. The molecule has 1 atom stereocenters. The molecule has 0 aromatic rings. The number of nitrogens with zero attached hydrogens (tertiary/aromatic N) is 2. The number of carbonyl (C=O) groups is 2. The molecule has 1 saturated heterocycles. The van der Waals surface area contributed by atoms with Gasteiger partial charge in [0.15, 0.2) is 0 Å². The molecule has 1 aliphatic heterocycles. The molecule has 0 bridgehead atoms. The van der Waals surface area contributed by atoms with Crippen LogP contribution in [0.5, 0.6) is 0 Å². The van der Waals surface area contributed by atoms with Crippen LogP contribution in [0.15, 0.2) is 0 Å². The van der Waals surface area contributed by atoms with Crippen molar-refractivity contribution >= 4 is 40.1 Å². The van der Waals surface area contributed by atoms with Gasteiger partial charge in [-0.25, -0.2) is 0 Å². The summed E-state index contributed by atoms with van der Waals surface area (Å²) in [4.78, 5) is 27.3. The van der Waals surface area contributed by atoms with Crippen molar-refractivity contribution in [1.82, 2.24) is 9.80 Å². The van der Waals surface area contributed by atoms with Crippen molar-refractivity contribution in [3.8, 4) is 0 Å². The second-order valence-corrected chi connectivity index (χ2v) is 6.19. The van der Waals surface area contributed by atoms with Crippen LogP contribution >= 0.6 is 24.0 Å². The Hall–Kier alpha value is -0.620. The van der Waals surface area contributed by atoms with E-state index in [0.717, 1.165) is 25.9 Å². The lowest BCUT2D eigenvalue weighted by Gasteiger charge is -2.22. The molecule has 0 N–H and O–H groups in total. The maximum atomic E-state index is 12.1. The molecule has 1 rings (SSSR count). The standard InChI is InChI=1S/C12H20N2O2S2/c1-4-6-14(7-5-2)10(15)8-9-11(16)13(3)12(17)18-9/h9H,4-8H2,1-3H3. The zero-order valence-corrected chi connectivity index (χ0v) is 12.8. The number of thioether (sulfide) groups is 1. The highest BCUT2D eigenvalue weighted by atomic mass is 32.2. The SMILES string of the molecule is CCCN(CCC)C(=O)CC1SC(=S)N(C)C1=O. The van der Waals surface area contributed by atoms with Crippen molar-refractivity contribution in [1.29, 1.82) is 0 Å². The van der Waals surface area contributed by atoms with Crippen molar-refractivity contribution < 1.29 is 9.59 Å². The van der Waals surface area contributed by atoms with Gasteiger partial charge >= 0.3 is 0 Å². The molecule has 0 aromatic carbocycles. The first kappa shape index (κ1) is 15.4. The molecule has 1 fully saturated rings. The molecule has 0 aromatic heterocycles. The van der Waals surface area contributed by atoms with Crippen molar-refractivity contribution in [2.75, 3.05) is 20.1 Å². The fourth-order valence-corrected chi connectivity index (χ4v) is 3.29. The molecule has 0 aliphatic carbocycles. The summed E-state index contributed by atoms with van der Waals surface area (Å²) in [6, 6.07) is 0. The second-order valence-electron chi connectivity index (χ2n) is 4.35. The fraction of sp³-hybridized carbons (Fsp3) is 0.750. The van der Waals surface area contributed by atoms with E-state index >= 15 is 0 Å². The van der Waals surface area contributed by atoms with Crippen molar-refractivity contribution in [2.45, 2.75) is 38.4 Å². The van der Waals surface area contributed by atoms with E-state index in [-0.39, 0.29) is 23.5 Å². The molecule has 1 unspecified atom stereocenters. The highest BCUT2D eigenvalue weighted by Crippen LogP contribution is 2.28. The van der Waals surface area contributed by atoms with E-state index in [0.29, 0.717) is 4.32 Å². The summed E-state index contributed by atoms with van der Waals surface area (Å²) in [6.45, 7) is 5.62. The molecule has 6 heteroatoms. The smallest absolute Gasteiger partial charge is 0.241 e. The lowest BCUT2D eigenvalue weighted by Crippen LogP contribution is -2.36. The lowest BCUT2D eigenvalue weighted by molar-refractivity contribution is -0.134. The highest BCUT2D eigenvalue weighted by molar-refractivity contribution is 8.24. The molecule has 102 valence electrons. The second kappa shape index (κ2) is 7.09. The fourth-order valence-electron chi connectivity index (χ4n) is 1.87. The lowest BCUT2D eigenvalue weighted by atomic mass is 10.2. The molecular weight excluding hydrogens is 268 g/mol. The molecule has 0 saturated carbocycles. The third-order valence-electron chi connectivity index (χ3n) is 2.82. The molecule has 2 amide bonds. The Morgan fingerprint density at radius 1 is 1.39 bits per heavy atom. The maximum Gasteiger partial charge on any atom is 0.241 e. The largest absolute Gasteiger partial charge is 0.343 e. The average molecular weight is 288 g/mol. The third-order valence-corrected chi connectivity index (χ3v) is 4.51. The topological polar surface area (TPSA) is 40.6 Å². The van der Waals surface area contributed by atoms with Gasteiger partial charge in [-0.1, -0.05) is 37.8 Å². The first-order valence-electron chi connectivity index (χ1n) is 6.27. The predicted molar refractivity (Wildman–Crippen MR) is 78.5 cm³/mol. The van der Waals surface area contributed by atoms with Gasteiger partial charge in [0, 0.05) is 26.6 Å². The van der Waals surface area contributed by atoms with E-state index in [2.05, 4.69) is 0 Å². The van der Waals surface area contributed by atoms with Crippen LogP contribution in [0, 0.1) is 0 Å². The Morgan fingerprint density at radius 3 is 2.33 bits per heavy atom. The summed E-state index contributed by atoms with van der Waals surface area (Å²) < 4.78 is 0.565. The van der Waals surface area contributed by atoms with E-state index in [9.17, 15) is 9.59 Å². The number of hydrogen-bond donors (Lipinski definition) is 0. The summed E-state index contributed by atoms with van der Waals surface area (Å²) in [5.74, 6) is 0.00828. The molecule has 0 spiro atoms. The molecule has 1 aliphatic rings. The Kier molecular flexibility index (Phi) is 6.08. The van der Waals surface area contributed by atoms with Gasteiger partial charge in [0.05, 0.1) is 5.25 Å². The monoisotopic (exact) mass is 288 g/mol. The Balaban J connectivity index is 2.58. The minimum Gasteiger partial charge on any atom is -0.343 e. The van der Waals surface area contributed by atoms with E-state index in [1.54, 1.807) is 7.05 Å². The molecule has 0 radical (unpaired) electrons. The van der Waals surface area contributed by atoms with E-state index < -0.39 is 0 Å². The van der Waals surface area contributed by atoms with Gasteiger partial charge in [-0.3, -0.25) is 14.5 Å². The average Bonchev–Trinajstić information content (AvgIpc) is 2.57. The number of carbonyl (C=O) groups excluding carboxylic acids is 2. The normalized spacial score (nSPS) is 19.5. The van der Waals surface area contributed by atoms with E-state index in [4.69, 9.17) is 12.2 Å². The van der Waals surface area contributed by atoms with Gasteiger partial charge in [-0.15, -0.1) is 0 Å². The van der Waals surface area contributed by atoms with E-state index in [1.807, 2.05) is 18.7 Å². The van der Waals surface area contributed by atoms with Crippen molar-refractivity contribution in [2.24, 2.45) is 0 Å². The van der Waals surface area contributed by atoms with Gasteiger partial charge in [0.1, 0.15) is 4.32 Å². The maximum absolute atomic E-state index is 12.1. The quantitative estimate of drug-likeness (QED) is 0.700. The minimum absolute atomic E-state index is 0.0497. The number of rotatable bonds is 6. The zero-order valence-electron chi connectivity index (χ0n) is 11.1. The van der Waals surface area contributed by atoms with Crippen LogP contribution in [0.1, 0.15) is 33.1 Å². The predicted octanol–water partition coefficient (Wildman–Crippen LogP) is 1.88. The number of amides is 2. The summed E-state index contributed by atoms with van der Waals surface area (Å²) in [6.07, 6.45) is 2.14. The van der Waals surface area contributed by atoms with Crippen LogP contribution in [0.25, 0.3) is 0 Å². The van der Waals surface area contributed by atoms with Crippen LogP contribution in [0.2, 0.25) is 0 Å². The van der Waals surface area contributed by atoms with Gasteiger partial charge in [-0.2, -0.15) is 0 Å². The minimum atomic E-state index is -0.328. The van der Waals surface area contributed by atoms with Crippen molar-refractivity contribution in [3.05, 3.63) is 0 Å². The first-order chi connectivity index (χ1) is 8.51. The number of hydrogen-bond acceptors (Lipinski definition) is 4. The Bertz CT molecular complexity index is 341. The van der Waals surface area contributed by atoms with Crippen LogP contribution in [0.4, 0.5) is 0 Å². The molecule has 18 heavy (non-hydrogen) atoms. The Morgan fingerprint density at radius 2 is 1.94 bits per heavy atom. The van der Waals surface area contributed by atoms with Gasteiger partial charge < -0.3 is 4.90 Å². The Labute approximate surface area is 118 Å². The van der Waals surface area contributed by atoms with Gasteiger partial charge in [-0.05, 0) is 12.8 Å². The summed E-state index contributed by atoms with van der Waals surface area (Å²) >= 11 is 6.38. The van der Waals surface area contributed by atoms with Crippen LogP contribution < -0.4 is 0 Å². The molecule has 4 nitrogen and oxygen atoms in total. The van der Waals surface area contributed by atoms with E-state index in [1.165, 1.54) is 16.7 Å². The van der Waals surface area contributed by atoms with Crippen LogP contribution in [0.3, 0.4) is 0 Å². The number of thiocarbonyl (C=S) groups is 1.